The van der Waals surface area contributed by atoms with Gasteiger partial charge in [0.05, 0.1) is 11.1 Å². The minimum absolute atomic E-state index is 0.0215. The average Bonchev–Trinajstić information content (AvgIpc) is 2.62. The molecule has 2 aromatic rings. The van der Waals surface area contributed by atoms with E-state index in [0.29, 0.717) is 37.3 Å². The van der Waals surface area contributed by atoms with Crippen LogP contribution in [0, 0.1) is 6.92 Å². The van der Waals surface area contributed by atoms with Crippen LogP contribution in [-0.2, 0) is 0 Å². The zero-order valence-electron chi connectivity index (χ0n) is 13.5. The third-order valence-corrected chi connectivity index (χ3v) is 4.15. The molecular weight excluding hydrogens is 306 g/mol. The first-order valence-electron chi connectivity index (χ1n) is 7.85. The van der Waals surface area contributed by atoms with E-state index in [1.807, 2.05) is 13.0 Å². The van der Waals surface area contributed by atoms with Crippen molar-refractivity contribution in [2.75, 3.05) is 26.2 Å². The first-order valence-corrected chi connectivity index (χ1v) is 7.85. The van der Waals surface area contributed by atoms with Gasteiger partial charge in [0.2, 0.25) is 0 Å². The maximum Gasteiger partial charge on any atom is 0.257 e. The number of phenols is 1. The second kappa shape index (κ2) is 6.70. The maximum atomic E-state index is 12.5. The summed E-state index contributed by atoms with van der Waals surface area (Å²) in [5.74, 6) is -0.305. The standard InChI is InChI=1S/C18H19N3O3/c1-13-6-7-14(12-19-13)17(23)20-8-10-21(11-9-20)18(24)15-4-2-3-5-16(15)22/h2-7,12,22H,8-11H2,1H3. The zero-order chi connectivity index (χ0) is 17.1. The number of pyridine rings is 1. The Morgan fingerprint density at radius 2 is 1.58 bits per heavy atom. The molecule has 1 aliphatic heterocycles. The van der Waals surface area contributed by atoms with Crippen LogP contribution < -0.4 is 0 Å². The predicted octanol–water partition coefficient (Wildman–Crippen LogP) is 1.69. The summed E-state index contributed by atoms with van der Waals surface area (Å²) in [6.07, 6.45) is 1.58. The summed E-state index contributed by atoms with van der Waals surface area (Å²) in [6.45, 7) is 3.69. The second-order valence-electron chi connectivity index (χ2n) is 5.79. The SMILES string of the molecule is Cc1ccc(C(=O)N2CCN(C(=O)c3ccccc3O)CC2)cn1. The van der Waals surface area contributed by atoms with Crippen molar-refractivity contribution in [3.8, 4) is 5.75 Å². The topological polar surface area (TPSA) is 73.7 Å². The molecule has 0 unspecified atom stereocenters. The first kappa shape index (κ1) is 16.0. The number of aromatic hydroxyl groups is 1. The molecule has 1 aromatic heterocycles. The van der Waals surface area contributed by atoms with E-state index in [2.05, 4.69) is 4.98 Å². The van der Waals surface area contributed by atoms with Crippen molar-refractivity contribution in [3.63, 3.8) is 0 Å². The van der Waals surface area contributed by atoms with Gasteiger partial charge in [0, 0.05) is 38.1 Å². The number of benzene rings is 1. The molecule has 2 heterocycles. The average molecular weight is 325 g/mol. The Morgan fingerprint density at radius 1 is 0.958 bits per heavy atom. The minimum atomic E-state index is -0.211. The van der Waals surface area contributed by atoms with E-state index in [-0.39, 0.29) is 17.6 Å². The summed E-state index contributed by atoms with van der Waals surface area (Å²) in [7, 11) is 0. The molecule has 6 nitrogen and oxygen atoms in total. The van der Waals surface area contributed by atoms with E-state index in [0.717, 1.165) is 5.69 Å². The van der Waals surface area contributed by atoms with Crippen LogP contribution in [0.15, 0.2) is 42.6 Å². The largest absolute Gasteiger partial charge is 0.507 e. The molecule has 1 aromatic carbocycles. The summed E-state index contributed by atoms with van der Waals surface area (Å²) in [6, 6.07) is 10.1. The van der Waals surface area contributed by atoms with Gasteiger partial charge in [-0.3, -0.25) is 14.6 Å². The second-order valence-corrected chi connectivity index (χ2v) is 5.79. The molecule has 1 aliphatic rings. The molecule has 0 bridgehead atoms. The van der Waals surface area contributed by atoms with Gasteiger partial charge in [0.15, 0.2) is 0 Å². The highest BCUT2D eigenvalue weighted by Crippen LogP contribution is 2.19. The molecular formula is C18H19N3O3. The van der Waals surface area contributed by atoms with Crippen LogP contribution >= 0.6 is 0 Å². The maximum absolute atomic E-state index is 12.5. The Hall–Kier alpha value is -2.89. The van der Waals surface area contributed by atoms with Gasteiger partial charge in [-0.25, -0.2) is 0 Å². The molecule has 3 rings (SSSR count). The third-order valence-electron chi connectivity index (χ3n) is 4.15. The Bertz CT molecular complexity index is 750. The number of carbonyl (C=O) groups excluding carboxylic acids is 2. The quantitative estimate of drug-likeness (QED) is 0.912. The van der Waals surface area contributed by atoms with Crippen molar-refractivity contribution in [2.24, 2.45) is 0 Å². The normalized spacial score (nSPS) is 14.5. The molecule has 24 heavy (non-hydrogen) atoms. The fourth-order valence-electron chi connectivity index (χ4n) is 2.71. The van der Waals surface area contributed by atoms with Gasteiger partial charge in [-0.15, -0.1) is 0 Å². The van der Waals surface area contributed by atoms with Crippen LogP contribution in [0.4, 0.5) is 0 Å². The minimum Gasteiger partial charge on any atom is -0.507 e. The molecule has 0 atom stereocenters. The molecule has 0 spiro atoms. The van der Waals surface area contributed by atoms with Gasteiger partial charge in [0.25, 0.3) is 11.8 Å². The molecule has 1 saturated heterocycles. The van der Waals surface area contributed by atoms with Crippen molar-refractivity contribution in [2.45, 2.75) is 6.92 Å². The van der Waals surface area contributed by atoms with Gasteiger partial charge >= 0.3 is 0 Å². The molecule has 1 N–H and O–H groups in total. The lowest BCUT2D eigenvalue weighted by Gasteiger charge is -2.34. The molecule has 124 valence electrons. The van der Waals surface area contributed by atoms with Crippen molar-refractivity contribution in [3.05, 3.63) is 59.4 Å². The van der Waals surface area contributed by atoms with Gasteiger partial charge in [-0.05, 0) is 31.2 Å². The molecule has 2 amide bonds. The number of hydrogen-bond acceptors (Lipinski definition) is 4. The molecule has 6 heteroatoms. The zero-order valence-corrected chi connectivity index (χ0v) is 13.5. The highest BCUT2D eigenvalue weighted by Gasteiger charge is 2.26. The fraction of sp³-hybridized carbons (Fsp3) is 0.278. The highest BCUT2D eigenvalue weighted by atomic mass is 16.3. The number of amides is 2. The molecule has 1 fully saturated rings. The Balaban J connectivity index is 1.63. The van der Waals surface area contributed by atoms with E-state index >= 15 is 0 Å². The Morgan fingerprint density at radius 3 is 2.17 bits per heavy atom. The van der Waals surface area contributed by atoms with E-state index in [4.69, 9.17) is 0 Å². The number of rotatable bonds is 2. The smallest absolute Gasteiger partial charge is 0.257 e. The molecule has 0 aliphatic carbocycles. The van der Waals surface area contributed by atoms with Crippen LogP contribution in [0.25, 0.3) is 0 Å². The molecule has 0 saturated carbocycles. The van der Waals surface area contributed by atoms with Crippen molar-refractivity contribution < 1.29 is 14.7 Å². The lowest BCUT2D eigenvalue weighted by Crippen LogP contribution is -2.50. The van der Waals surface area contributed by atoms with Gasteiger partial charge in [0.1, 0.15) is 5.75 Å². The summed E-state index contributed by atoms with van der Waals surface area (Å²) in [4.78, 5) is 32.4. The van der Waals surface area contributed by atoms with Crippen LogP contribution in [-0.4, -0.2) is 57.9 Å². The summed E-state index contributed by atoms with van der Waals surface area (Å²) < 4.78 is 0. The fourth-order valence-corrected chi connectivity index (χ4v) is 2.71. The number of nitrogens with zero attached hydrogens (tertiary/aromatic N) is 3. The number of hydrogen-bond donors (Lipinski definition) is 1. The third kappa shape index (κ3) is 3.22. The van der Waals surface area contributed by atoms with E-state index in [9.17, 15) is 14.7 Å². The summed E-state index contributed by atoms with van der Waals surface area (Å²) >= 11 is 0. The Labute approximate surface area is 140 Å². The van der Waals surface area contributed by atoms with Crippen molar-refractivity contribution in [1.29, 1.82) is 0 Å². The van der Waals surface area contributed by atoms with Crippen LogP contribution in [0.1, 0.15) is 26.4 Å². The number of para-hydroxylation sites is 1. The monoisotopic (exact) mass is 325 g/mol. The van der Waals surface area contributed by atoms with Gasteiger partial charge in [-0.1, -0.05) is 12.1 Å². The number of carbonyl (C=O) groups is 2. The lowest BCUT2D eigenvalue weighted by molar-refractivity contribution is 0.0533. The Kier molecular flexibility index (Phi) is 4.46. The van der Waals surface area contributed by atoms with Gasteiger partial charge in [-0.2, -0.15) is 0 Å². The molecule has 0 radical (unpaired) electrons. The highest BCUT2D eigenvalue weighted by molar-refractivity contribution is 5.97. The van der Waals surface area contributed by atoms with Crippen LogP contribution in [0.5, 0.6) is 5.75 Å². The number of aromatic nitrogens is 1. The van der Waals surface area contributed by atoms with E-state index in [1.54, 1.807) is 40.3 Å². The lowest BCUT2D eigenvalue weighted by atomic mass is 10.1. The van der Waals surface area contributed by atoms with Crippen molar-refractivity contribution in [1.82, 2.24) is 14.8 Å². The number of phenolic OH excluding ortho intramolecular Hbond substituents is 1. The summed E-state index contributed by atoms with van der Waals surface area (Å²) in [5.41, 5.74) is 1.71. The van der Waals surface area contributed by atoms with E-state index in [1.165, 1.54) is 6.07 Å². The number of piperazine rings is 1. The predicted molar refractivity (Wildman–Crippen MR) is 88.9 cm³/mol. The number of aryl methyl sites for hydroxylation is 1. The van der Waals surface area contributed by atoms with E-state index < -0.39 is 0 Å². The first-order chi connectivity index (χ1) is 11.6. The van der Waals surface area contributed by atoms with Crippen LogP contribution in [0.3, 0.4) is 0 Å². The van der Waals surface area contributed by atoms with Crippen LogP contribution in [0.2, 0.25) is 0 Å². The van der Waals surface area contributed by atoms with Crippen molar-refractivity contribution >= 4 is 11.8 Å². The summed E-state index contributed by atoms with van der Waals surface area (Å²) in [5, 5.41) is 9.80. The van der Waals surface area contributed by atoms with Gasteiger partial charge < -0.3 is 14.9 Å².